The van der Waals surface area contributed by atoms with Crippen LogP contribution in [0.3, 0.4) is 0 Å². The van der Waals surface area contributed by atoms with Crippen LogP contribution in [0, 0.1) is 0 Å². The molecule has 12 heavy (non-hydrogen) atoms. The van der Waals surface area contributed by atoms with Gasteiger partial charge in [-0.15, -0.1) is 0 Å². The van der Waals surface area contributed by atoms with Crippen molar-refractivity contribution in [3.8, 4) is 0 Å². The zero-order valence-corrected chi connectivity index (χ0v) is 7.66. The van der Waals surface area contributed by atoms with Gasteiger partial charge in [-0.05, 0) is 13.3 Å². The second-order valence-electron chi connectivity index (χ2n) is 2.52. The van der Waals surface area contributed by atoms with Gasteiger partial charge < -0.3 is 15.3 Å². The molecule has 0 bridgehead atoms. The van der Waals surface area contributed by atoms with E-state index in [0.717, 1.165) is 12.8 Å². The van der Waals surface area contributed by atoms with E-state index < -0.39 is 12.1 Å². The number of carbonyl (C=O) groups is 1. The fourth-order valence-corrected chi connectivity index (χ4v) is 0.411. The second kappa shape index (κ2) is 10.4. The van der Waals surface area contributed by atoms with Crippen LogP contribution in [0.25, 0.3) is 0 Å². The number of hydrogen-bond donors (Lipinski definition) is 3. The van der Waals surface area contributed by atoms with E-state index in [-0.39, 0.29) is 6.42 Å². The van der Waals surface area contributed by atoms with E-state index in [1.54, 1.807) is 0 Å². The van der Waals surface area contributed by atoms with Crippen LogP contribution < -0.4 is 0 Å². The number of rotatable bonds is 4. The summed E-state index contributed by atoms with van der Waals surface area (Å²) in [4.78, 5) is 9.65. The Bertz CT molecular complexity index is 99.2. The van der Waals surface area contributed by atoms with Gasteiger partial charge in [-0.1, -0.05) is 13.3 Å². The van der Waals surface area contributed by atoms with Crippen molar-refractivity contribution in [2.24, 2.45) is 0 Å². The molecule has 74 valence electrons. The van der Waals surface area contributed by atoms with Crippen molar-refractivity contribution in [2.75, 3.05) is 6.61 Å². The number of aliphatic carboxylic acids is 1. The predicted octanol–water partition coefficient (Wildman–Crippen LogP) is 0.621. The number of unbranched alkanes of at least 4 members (excludes halogenated alkanes) is 1. The normalized spacial score (nSPS) is 11.3. The third-order valence-electron chi connectivity index (χ3n) is 0.982. The van der Waals surface area contributed by atoms with Crippen molar-refractivity contribution < 1.29 is 20.1 Å². The Hall–Kier alpha value is -0.610. The summed E-state index contributed by atoms with van der Waals surface area (Å²) in [6.45, 7) is 3.83. The first kappa shape index (κ1) is 13.9. The van der Waals surface area contributed by atoms with Crippen LogP contribution in [0.1, 0.15) is 33.1 Å². The molecule has 0 aliphatic carbocycles. The average molecular weight is 178 g/mol. The summed E-state index contributed by atoms with van der Waals surface area (Å²) >= 11 is 0. The average Bonchev–Trinajstić information content (AvgIpc) is 1.87. The first-order chi connectivity index (χ1) is 5.54. The van der Waals surface area contributed by atoms with Gasteiger partial charge in [-0.2, -0.15) is 0 Å². The van der Waals surface area contributed by atoms with Crippen LogP contribution in [0.4, 0.5) is 0 Å². The Morgan fingerprint density at radius 2 is 2.00 bits per heavy atom. The van der Waals surface area contributed by atoms with Gasteiger partial charge in [0, 0.05) is 6.61 Å². The third-order valence-corrected chi connectivity index (χ3v) is 0.982. The zero-order chi connectivity index (χ0) is 9.98. The largest absolute Gasteiger partial charge is 0.481 e. The van der Waals surface area contributed by atoms with E-state index in [1.807, 2.05) is 0 Å². The molecule has 0 aliphatic heterocycles. The fraction of sp³-hybridized carbons (Fsp3) is 0.875. The molecule has 0 aromatic rings. The third kappa shape index (κ3) is 22.8. The maximum atomic E-state index is 9.65. The smallest absolute Gasteiger partial charge is 0.305 e. The Labute approximate surface area is 72.8 Å². The Morgan fingerprint density at radius 3 is 2.00 bits per heavy atom. The van der Waals surface area contributed by atoms with Gasteiger partial charge in [-0.25, -0.2) is 0 Å². The molecular formula is C8H18O4. The minimum atomic E-state index is -0.963. The van der Waals surface area contributed by atoms with E-state index in [0.29, 0.717) is 6.61 Å². The molecule has 0 radical (unpaired) electrons. The molecule has 0 amide bonds. The fourth-order valence-electron chi connectivity index (χ4n) is 0.411. The highest BCUT2D eigenvalue weighted by atomic mass is 16.4. The first-order valence-electron chi connectivity index (χ1n) is 4.05. The molecule has 0 heterocycles. The number of aliphatic hydroxyl groups excluding tert-OH is 2. The first-order valence-corrected chi connectivity index (χ1v) is 4.05. The highest BCUT2D eigenvalue weighted by molar-refractivity contribution is 5.67. The lowest BCUT2D eigenvalue weighted by Crippen LogP contribution is -2.07. The minimum Gasteiger partial charge on any atom is -0.481 e. The highest BCUT2D eigenvalue weighted by Gasteiger charge is 2.00. The number of carboxylic acids is 1. The van der Waals surface area contributed by atoms with Gasteiger partial charge in [0.2, 0.25) is 0 Å². The summed E-state index contributed by atoms with van der Waals surface area (Å²) in [6, 6.07) is 0. The SMILES string of the molecule is CC(O)CC(=O)O.CCCCO. The van der Waals surface area contributed by atoms with Crippen molar-refractivity contribution in [2.45, 2.75) is 39.2 Å². The van der Waals surface area contributed by atoms with E-state index in [2.05, 4.69) is 6.92 Å². The van der Waals surface area contributed by atoms with Crippen LogP contribution in [-0.4, -0.2) is 34.0 Å². The molecule has 0 fully saturated rings. The van der Waals surface area contributed by atoms with Crippen LogP contribution in [0.5, 0.6) is 0 Å². The lowest BCUT2D eigenvalue weighted by molar-refractivity contribution is -0.138. The predicted molar refractivity (Wildman–Crippen MR) is 45.9 cm³/mol. The molecule has 0 aromatic carbocycles. The Balaban J connectivity index is 0. The maximum absolute atomic E-state index is 9.65. The van der Waals surface area contributed by atoms with E-state index >= 15 is 0 Å². The summed E-state index contributed by atoms with van der Waals surface area (Å²) in [5, 5.41) is 24.3. The van der Waals surface area contributed by atoms with Crippen molar-refractivity contribution in [1.29, 1.82) is 0 Å². The standard InChI is InChI=1S/C4H8O3.C4H10O/c1-3(5)2-4(6)7;1-2-3-4-5/h3,5H,2H2,1H3,(H,6,7);5H,2-4H2,1H3. The molecule has 3 N–H and O–H groups in total. The molecule has 1 unspecified atom stereocenters. The Kier molecular flexibility index (Phi) is 12.1. The minimum absolute atomic E-state index is 0.167. The topological polar surface area (TPSA) is 77.8 Å². The zero-order valence-electron chi connectivity index (χ0n) is 7.66. The summed E-state index contributed by atoms with van der Waals surface area (Å²) in [6.07, 6.45) is 1.15. The van der Waals surface area contributed by atoms with Gasteiger partial charge in [0.15, 0.2) is 0 Å². The quantitative estimate of drug-likeness (QED) is 0.589. The molecular weight excluding hydrogens is 160 g/mol. The molecule has 0 spiro atoms. The Morgan fingerprint density at radius 1 is 1.50 bits per heavy atom. The molecule has 0 saturated heterocycles. The van der Waals surface area contributed by atoms with Crippen molar-refractivity contribution >= 4 is 5.97 Å². The van der Waals surface area contributed by atoms with Gasteiger partial charge in [0.25, 0.3) is 0 Å². The van der Waals surface area contributed by atoms with Gasteiger partial charge in [0.05, 0.1) is 12.5 Å². The molecule has 4 heteroatoms. The van der Waals surface area contributed by atoms with Crippen molar-refractivity contribution in [3.05, 3.63) is 0 Å². The molecule has 0 rings (SSSR count). The molecule has 1 atom stereocenters. The number of hydrogen-bond acceptors (Lipinski definition) is 3. The second-order valence-corrected chi connectivity index (χ2v) is 2.52. The summed E-state index contributed by atoms with van der Waals surface area (Å²) < 4.78 is 0. The summed E-state index contributed by atoms with van der Waals surface area (Å²) in [5.41, 5.74) is 0. The van der Waals surface area contributed by atoms with Crippen molar-refractivity contribution in [3.63, 3.8) is 0 Å². The number of carboxylic acid groups (broad SMARTS) is 1. The van der Waals surface area contributed by atoms with E-state index in [1.165, 1.54) is 6.92 Å². The lowest BCUT2D eigenvalue weighted by atomic mass is 10.3. The maximum Gasteiger partial charge on any atom is 0.305 e. The van der Waals surface area contributed by atoms with Gasteiger partial charge >= 0.3 is 5.97 Å². The lowest BCUT2D eigenvalue weighted by Gasteiger charge is -1.94. The number of aliphatic hydroxyl groups is 2. The molecule has 0 aliphatic rings. The van der Waals surface area contributed by atoms with Gasteiger partial charge in [-0.3, -0.25) is 4.79 Å². The molecule has 0 saturated carbocycles. The van der Waals surface area contributed by atoms with Crippen LogP contribution in [0.2, 0.25) is 0 Å². The van der Waals surface area contributed by atoms with Crippen LogP contribution in [-0.2, 0) is 4.79 Å². The molecule has 0 aromatic heterocycles. The summed E-state index contributed by atoms with van der Waals surface area (Å²) in [7, 11) is 0. The van der Waals surface area contributed by atoms with Crippen molar-refractivity contribution in [1.82, 2.24) is 0 Å². The summed E-state index contributed by atoms with van der Waals surface area (Å²) in [5.74, 6) is -0.963. The van der Waals surface area contributed by atoms with Crippen LogP contribution >= 0.6 is 0 Å². The highest BCUT2D eigenvalue weighted by Crippen LogP contribution is 1.85. The monoisotopic (exact) mass is 178 g/mol. The molecule has 4 nitrogen and oxygen atoms in total. The van der Waals surface area contributed by atoms with Crippen LogP contribution in [0.15, 0.2) is 0 Å². The van der Waals surface area contributed by atoms with E-state index in [4.69, 9.17) is 15.3 Å². The van der Waals surface area contributed by atoms with Gasteiger partial charge in [0.1, 0.15) is 0 Å². The van der Waals surface area contributed by atoms with E-state index in [9.17, 15) is 4.79 Å².